The summed E-state index contributed by atoms with van der Waals surface area (Å²) in [6.45, 7) is 0.179. The molecule has 8 heteroatoms. The van der Waals surface area contributed by atoms with Crippen LogP contribution in [0.1, 0.15) is 6.42 Å². The lowest BCUT2D eigenvalue weighted by Gasteiger charge is -2.11. The first kappa shape index (κ1) is 13.8. The van der Waals surface area contributed by atoms with E-state index in [2.05, 4.69) is 15.5 Å². The Hall–Kier alpha value is -2.64. The number of methoxy groups -OCH3 is 2. The number of aryl methyl sites for hydroxylation is 1. The first-order valence-corrected chi connectivity index (χ1v) is 5.86. The standard InChI is InChI=1S/C12H14N4O4/c1-19-9-5-3-4-8(11(9)20-2)12-13-14-15-16(12)7-6-10(17)18/h3-5H,6-7H2,1-2H3,(H,17,18). The molecule has 2 rings (SSSR count). The molecular formula is C12H14N4O4. The van der Waals surface area contributed by atoms with Crippen LogP contribution in [-0.2, 0) is 11.3 Å². The predicted molar refractivity (Wildman–Crippen MR) is 68.6 cm³/mol. The van der Waals surface area contributed by atoms with Crippen molar-refractivity contribution in [3.63, 3.8) is 0 Å². The van der Waals surface area contributed by atoms with Crippen molar-refractivity contribution in [2.75, 3.05) is 14.2 Å². The van der Waals surface area contributed by atoms with Crippen molar-refractivity contribution in [1.82, 2.24) is 20.2 Å². The summed E-state index contributed by atoms with van der Waals surface area (Å²) < 4.78 is 12.0. The Balaban J connectivity index is 2.41. The maximum Gasteiger partial charge on any atom is 0.305 e. The fraction of sp³-hybridized carbons (Fsp3) is 0.333. The zero-order valence-corrected chi connectivity index (χ0v) is 11.1. The van der Waals surface area contributed by atoms with Crippen LogP contribution in [0.5, 0.6) is 11.5 Å². The van der Waals surface area contributed by atoms with Crippen molar-refractivity contribution < 1.29 is 19.4 Å². The highest BCUT2D eigenvalue weighted by molar-refractivity contribution is 5.69. The topological polar surface area (TPSA) is 99.4 Å². The SMILES string of the molecule is COc1cccc(-c2nnnn2CCC(=O)O)c1OC. The number of rotatable bonds is 6. The number of aliphatic carboxylic acids is 1. The van der Waals surface area contributed by atoms with Gasteiger partial charge in [0.25, 0.3) is 0 Å². The molecule has 8 nitrogen and oxygen atoms in total. The molecule has 0 aliphatic carbocycles. The summed E-state index contributed by atoms with van der Waals surface area (Å²) in [5.41, 5.74) is 0.641. The molecule has 1 aromatic heterocycles. The van der Waals surface area contributed by atoms with Crippen LogP contribution in [0.25, 0.3) is 11.4 Å². The van der Waals surface area contributed by atoms with Gasteiger partial charge >= 0.3 is 5.97 Å². The van der Waals surface area contributed by atoms with Gasteiger partial charge in [0.15, 0.2) is 17.3 Å². The van der Waals surface area contributed by atoms with E-state index in [9.17, 15) is 4.79 Å². The van der Waals surface area contributed by atoms with Crippen molar-refractivity contribution in [1.29, 1.82) is 0 Å². The smallest absolute Gasteiger partial charge is 0.305 e. The maximum absolute atomic E-state index is 10.6. The molecule has 0 spiro atoms. The second-order valence-corrected chi connectivity index (χ2v) is 3.91. The van der Waals surface area contributed by atoms with Gasteiger partial charge in [-0.1, -0.05) is 6.07 Å². The van der Waals surface area contributed by atoms with Crippen LogP contribution in [-0.4, -0.2) is 45.5 Å². The molecule has 1 heterocycles. The number of carboxylic acids is 1. The molecule has 1 aromatic carbocycles. The Labute approximate surface area is 114 Å². The highest BCUT2D eigenvalue weighted by Gasteiger charge is 2.17. The van der Waals surface area contributed by atoms with Gasteiger partial charge < -0.3 is 14.6 Å². The molecule has 0 amide bonds. The van der Waals surface area contributed by atoms with E-state index in [1.54, 1.807) is 18.2 Å². The summed E-state index contributed by atoms with van der Waals surface area (Å²) in [4.78, 5) is 10.6. The maximum atomic E-state index is 10.6. The van der Waals surface area contributed by atoms with Crippen LogP contribution in [0.2, 0.25) is 0 Å². The van der Waals surface area contributed by atoms with E-state index in [-0.39, 0.29) is 13.0 Å². The third-order valence-electron chi connectivity index (χ3n) is 2.71. The number of nitrogens with zero attached hydrogens (tertiary/aromatic N) is 4. The third-order valence-corrected chi connectivity index (χ3v) is 2.71. The van der Waals surface area contributed by atoms with Crippen LogP contribution in [0, 0.1) is 0 Å². The molecule has 0 radical (unpaired) electrons. The zero-order valence-electron chi connectivity index (χ0n) is 11.1. The number of benzene rings is 1. The molecule has 2 aromatic rings. The van der Waals surface area contributed by atoms with E-state index in [4.69, 9.17) is 14.6 Å². The molecule has 0 bridgehead atoms. The molecule has 1 N–H and O–H groups in total. The minimum absolute atomic E-state index is 0.0652. The molecule has 0 saturated carbocycles. The predicted octanol–water partition coefficient (Wildman–Crippen LogP) is 0.832. The largest absolute Gasteiger partial charge is 0.493 e. The van der Waals surface area contributed by atoms with Crippen molar-refractivity contribution >= 4 is 5.97 Å². The van der Waals surface area contributed by atoms with Gasteiger partial charge in [0.1, 0.15) is 0 Å². The Kier molecular flexibility index (Phi) is 4.14. The molecule has 0 aliphatic rings. The van der Waals surface area contributed by atoms with E-state index in [1.807, 2.05) is 0 Å². The van der Waals surface area contributed by atoms with Crippen LogP contribution >= 0.6 is 0 Å². The van der Waals surface area contributed by atoms with Crippen LogP contribution in [0.3, 0.4) is 0 Å². The molecule has 20 heavy (non-hydrogen) atoms. The van der Waals surface area contributed by atoms with Gasteiger partial charge in [0, 0.05) is 0 Å². The van der Waals surface area contributed by atoms with Crippen molar-refractivity contribution in [2.24, 2.45) is 0 Å². The Morgan fingerprint density at radius 2 is 2.15 bits per heavy atom. The van der Waals surface area contributed by atoms with Gasteiger partial charge in [-0.05, 0) is 22.6 Å². The highest BCUT2D eigenvalue weighted by atomic mass is 16.5. The molecule has 0 saturated heterocycles. The van der Waals surface area contributed by atoms with Gasteiger partial charge in [-0.3, -0.25) is 4.79 Å². The van der Waals surface area contributed by atoms with Crippen molar-refractivity contribution in [2.45, 2.75) is 13.0 Å². The summed E-state index contributed by atoms with van der Waals surface area (Å²) in [6.07, 6.45) is -0.0652. The quantitative estimate of drug-likeness (QED) is 0.835. The van der Waals surface area contributed by atoms with Gasteiger partial charge in [-0.2, -0.15) is 0 Å². The number of hydrogen-bond donors (Lipinski definition) is 1. The molecule has 106 valence electrons. The van der Waals surface area contributed by atoms with Gasteiger partial charge in [0.05, 0.1) is 32.7 Å². The van der Waals surface area contributed by atoms with E-state index in [0.29, 0.717) is 22.9 Å². The average Bonchev–Trinajstić information content (AvgIpc) is 2.92. The molecule has 0 atom stereocenters. The number of carboxylic acid groups (broad SMARTS) is 1. The highest BCUT2D eigenvalue weighted by Crippen LogP contribution is 2.36. The number of hydrogen-bond acceptors (Lipinski definition) is 6. The molecular weight excluding hydrogens is 264 g/mol. The number of ether oxygens (including phenoxy) is 2. The first-order chi connectivity index (χ1) is 9.67. The van der Waals surface area contributed by atoms with Crippen LogP contribution in [0.4, 0.5) is 0 Å². The summed E-state index contributed by atoms with van der Waals surface area (Å²) in [5, 5.41) is 20.0. The lowest BCUT2D eigenvalue weighted by atomic mass is 10.1. The van der Waals surface area contributed by atoms with Crippen molar-refractivity contribution in [3.05, 3.63) is 18.2 Å². The van der Waals surface area contributed by atoms with E-state index >= 15 is 0 Å². The summed E-state index contributed by atoms with van der Waals surface area (Å²) in [6, 6.07) is 5.32. The van der Waals surface area contributed by atoms with E-state index in [1.165, 1.54) is 18.9 Å². The fourth-order valence-electron chi connectivity index (χ4n) is 1.81. The minimum atomic E-state index is -0.913. The number of carbonyl (C=O) groups is 1. The van der Waals surface area contributed by atoms with E-state index in [0.717, 1.165) is 0 Å². The van der Waals surface area contributed by atoms with Crippen LogP contribution < -0.4 is 9.47 Å². The second-order valence-electron chi connectivity index (χ2n) is 3.91. The average molecular weight is 278 g/mol. The third kappa shape index (κ3) is 2.68. The summed E-state index contributed by atoms with van der Waals surface area (Å²) >= 11 is 0. The molecule has 0 fully saturated rings. The number of aromatic nitrogens is 4. The summed E-state index contributed by atoms with van der Waals surface area (Å²) in [5.74, 6) is 0.574. The normalized spacial score (nSPS) is 10.3. The minimum Gasteiger partial charge on any atom is -0.493 e. The monoisotopic (exact) mass is 278 g/mol. The van der Waals surface area contributed by atoms with Gasteiger partial charge in [-0.15, -0.1) is 5.10 Å². The molecule has 0 unspecified atom stereocenters. The van der Waals surface area contributed by atoms with Crippen molar-refractivity contribution in [3.8, 4) is 22.9 Å². The second kappa shape index (κ2) is 6.00. The fourth-order valence-corrected chi connectivity index (χ4v) is 1.81. The Morgan fingerprint density at radius 1 is 1.35 bits per heavy atom. The van der Waals surface area contributed by atoms with E-state index < -0.39 is 5.97 Å². The molecule has 0 aliphatic heterocycles. The number of para-hydroxylation sites is 1. The van der Waals surface area contributed by atoms with Gasteiger partial charge in [-0.25, -0.2) is 4.68 Å². The Bertz CT molecular complexity index is 611. The lowest BCUT2D eigenvalue weighted by Crippen LogP contribution is -2.08. The van der Waals surface area contributed by atoms with Crippen LogP contribution in [0.15, 0.2) is 18.2 Å². The summed E-state index contributed by atoms with van der Waals surface area (Å²) in [7, 11) is 3.06. The Morgan fingerprint density at radius 3 is 2.80 bits per heavy atom. The zero-order chi connectivity index (χ0) is 14.5. The first-order valence-electron chi connectivity index (χ1n) is 5.86. The number of tetrazole rings is 1. The van der Waals surface area contributed by atoms with Gasteiger partial charge in [0.2, 0.25) is 0 Å². The lowest BCUT2D eigenvalue weighted by molar-refractivity contribution is -0.137.